The van der Waals surface area contributed by atoms with Gasteiger partial charge in [0, 0.05) is 29.8 Å². The molecule has 5 nitrogen and oxygen atoms in total. The molecule has 6 heteroatoms. The molecule has 2 aliphatic heterocycles. The van der Waals surface area contributed by atoms with Gasteiger partial charge in [-0.15, -0.1) is 0 Å². The molecule has 0 spiro atoms. The van der Waals surface area contributed by atoms with Crippen LogP contribution in [0, 0.1) is 29.0 Å². The number of aromatic hydroxyl groups is 1. The summed E-state index contributed by atoms with van der Waals surface area (Å²) in [5.41, 5.74) is 4.98. The number of phenols is 1. The van der Waals surface area contributed by atoms with E-state index in [9.17, 15) is 10.4 Å². The molecule has 0 radical (unpaired) electrons. The average Bonchev–Trinajstić information content (AvgIpc) is 3.37. The average molecular weight is 539 g/mol. The van der Waals surface area contributed by atoms with Crippen LogP contribution in [0.25, 0.3) is 11.1 Å². The summed E-state index contributed by atoms with van der Waals surface area (Å²) in [7, 11) is 0. The second kappa shape index (κ2) is 11.0. The van der Waals surface area contributed by atoms with Crippen LogP contribution < -0.4 is 9.47 Å². The van der Waals surface area contributed by atoms with Gasteiger partial charge in [-0.05, 0) is 91.6 Å². The molecule has 3 aromatic carbocycles. The molecule has 3 aliphatic rings. The number of nitriles is 1. The minimum Gasteiger partial charge on any atom is -0.508 e. The fraction of sp³-hybridized carbons (Fsp3) is 0.382. The summed E-state index contributed by atoms with van der Waals surface area (Å²) in [6.45, 7) is 7.36. The fourth-order valence-electron chi connectivity index (χ4n) is 6.20. The van der Waals surface area contributed by atoms with Crippen LogP contribution in [0.4, 0.5) is 4.39 Å². The molecule has 0 amide bonds. The largest absolute Gasteiger partial charge is 0.508 e. The van der Waals surface area contributed by atoms with E-state index in [1.54, 1.807) is 18.2 Å². The highest BCUT2D eigenvalue weighted by atomic mass is 19.1. The number of hydrogen-bond donors (Lipinski definition) is 1. The van der Waals surface area contributed by atoms with Gasteiger partial charge in [-0.3, -0.25) is 4.90 Å². The Kier molecular flexibility index (Phi) is 7.25. The number of rotatable bonds is 7. The molecule has 3 atom stereocenters. The second-order valence-corrected chi connectivity index (χ2v) is 11.6. The summed E-state index contributed by atoms with van der Waals surface area (Å²) < 4.78 is 27.8. The first-order chi connectivity index (χ1) is 19.4. The third kappa shape index (κ3) is 5.07. The van der Waals surface area contributed by atoms with Crippen molar-refractivity contribution in [2.75, 3.05) is 19.7 Å². The minimum atomic E-state index is -0.569. The van der Waals surface area contributed by atoms with E-state index in [0.29, 0.717) is 23.8 Å². The molecule has 1 aliphatic carbocycles. The Morgan fingerprint density at radius 3 is 2.45 bits per heavy atom. The van der Waals surface area contributed by atoms with Crippen LogP contribution in [-0.4, -0.2) is 35.7 Å². The molecule has 1 saturated carbocycles. The molecule has 0 aromatic heterocycles. The van der Waals surface area contributed by atoms with Gasteiger partial charge in [0.2, 0.25) is 0 Å². The van der Waals surface area contributed by atoms with Gasteiger partial charge in [0.05, 0.1) is 11.6 Å². The van der Waals surface area contributed by atoms with Crippen LogP contribution in [0.15, 0.2) is 60.7 Å². The maximum absolute atomic E-state index is 15.2. The second-order valence-electron chi connectivity index (χ2n) is 11.6. The lowest BCUT2D eigenvalue weighted by Gasteiger charge is -2.38. The van der Waals surface area contributed by atoms with E-state index in [-0.39, 0.29) is 17.4 Å². The van der Waals surface area contributed by atoms with Crippen molar-refractivity contribution in [3.8, 4) is 23.3 Å². The van der Waals surface area contributed by atoms with E-state index in [1.165, 1.54) is 6.42 Å². The maximum Gasteiger partial charge on any atom is 0.169 e. The van der Waals surface area contributed by atoms with E-state index in [4.69, 9.17) is 9.47 Å². The summed E-state index contributed by atoms with van der Waals surface area (Å²) in [6.07, 6.45) is 3.80. The standard InChI is InChI=1S/C34H35FN2O3/c1-21-14-15-37(19-21)22(2)20-39-28-12-10-26(11-13-28)33-32(25-8-6-23(18-36)7-9-25)31(24-4-3-5-24)29-16-27(38)17-30(35)34(29)40-33/h6-13,16-17,21-22,24,33,38H,3-5,14-15,19-20H2,1-2H3/t21-,22+,33?/m1/s1. The van der Waals surface area contributed by atoms with Crippen molar-refractivity contribution < 1.29 is 19.0 Å². The van der Waals surface area contributed by atoms with Crippen molar-refractivity contribution in [2.45, 2.75) is 51.7 Å². The lowest BCUT2D eigenvalue weighted by Crippen LogP contribution is -2.35. The number of allylic oxidation sites excluding steroid dienone is 1. The number of ether oxygens (including phenoxy) is 2. The lowest BCUT2D eigenvalue weighted by atomic mass is 9.71. The first kappa shape index (κ1) is 26.4. The predicted octanol–water partition coefficient (Wildman–Crippen LogP) is 7.36. The molecular weight excluding hydrogens is 503 g/mol. The SMILES string of the molecule is C[C@@H]1CCN([C@@H](C)COc2ccc(C3Oc4c(F)cc(O)cc4C(C4CCC4)=C3c3ccc(C#N)cc3)cc2)C1. The van der Waals surface area contributed by atoms with Crippen molar-refractivity contribution in [1.29, 1.82) is 5.26 Å². The van der Waals surface area contributed by atoms with Gasteiger partial charge in [0.1, 0.15) is 24.2 Å². The topological polar surface area (TPSA) is 65.7 Å². The molecule has 6 rings (SSSR count). The highest BCUT2D eigenvalue weighted by molar-refractivity contribution is 5.97. The Hall–Kier alpha value is -3.82. The molecule has 1 N–H and O–H groups in total. The van der Waals surface area contributed by atoms with Crippen molar-refractivity contribution in [3.05, 3.63) is 88.7 Å². The van der Waals surface area contributed by atoms with Gasteiger partial charge >= 0.3 is 0 Å². The Balaban J connectivity index is 1.35. The minimum absolute atomic E-state index is 0.117. The molecule has 0 bridgehead atoms. The van der Waals surface area contributed by atoms with Crippen LogP contribution >= 0.6 is 0 Å². The number of nitrogens with zero attached hydrogens (tertiary/aromatic N) is 2. The molecule has 3 aromatic rings. The summed E-state index contributed by atoms with van der Waals surface area (Å²) in [5.74, 6) is 1.26. The monoisotopic (exact) mass is 538 g/mol. The molecule has 1 saturated heterocycles. The molecule has 40 heavy (non-hydrogen) atoms. The van der Waals surface area contributed by atoms with Crippen molar-refractivity contribution in [2.24, 2.45) is 11.8 Å². The zero-order valence-electron chi connectivity index (χ0n) is 23.1. The van der Waals surface area contributed by atoms with E-state index in [1.807, 2.05) is 36.4 Å². The fourth-order valence-corrected chi connectivity index (χ4v) is 6.20. The van der Waals surface area contributed by atoms with Gasteiger partial charge in [-0.25, -0.2) is 4.39 Å². The predicted molar refractivity (Wildman–Crippen MR) is 153 cm³/mol. The van der Waals surface area contributed by atoms with E-state index in [2.05, 4.69) is 24.8 Å². The molecule has 206 valence electrons. The van der Waals surface area contributed by atoms with E-state index < -0.39 is 11.9 Å². The zero-order valence-corrected chi connectivity index (χ0v) is 23.1. The van der Waals surface area contributed by atoms with Crippen molar-refractivity contribution >= 4 is 11.1 Å². The number of likely N-dealkylation sites (tertiary alicyclic amines) is 1. The van der Waals surface area contributed by atoms with Gasteiger partial charge in [-0.2, -0.15) is 5.26 Å². The summed E-state index contributed by atoms with van der Waals surface area (Å²) >= 11 is 0. The Morgan fingerprint density at radius 1 is 1.07 bits per heavy atom. The van der Waals surface area contributed by atoms with Crippen LogP contribution in [0.1, 0.15) is 67.9 Å². The van der Waals surface area contributed by atoms with Crippen LogP contribution in [0.2, 0.25) is 0 Å². The van der Waals surface area contributed by atoms with Crippen LogP contribution in [0.3, 0.4) is 0 Å². The molecular formula is C34H35FN2O3. The zero-order chi connectivity index (χ0) is 27.8. The lowest BCUT2D eigenvalue weighted by molar-refractivity contribution is 0.169. The highest BCUT2D eigenvalue weighted by Gasteiger charge is 2.38. The van der Waals surface area contributed by atoms with E-state index in [0.717, 1.165) is 72.4 Å². The summed E-state index contributed by atoms with van der Waals surface area (Å²) in [4.78, 5) is 2.48. The molecule has 2 heterocycles. The third-order valence-electron chi connectivity index (χ3n) is 8.70. The Bertz CT molecular complexity index is 1450. The maximum atomic E-state index is 15.2. The Labute approximate surface area is 235 Å². The third-order valence-corrected chi connectivity index (χ3v) is 8.70. The smallest absolute Gasteiger partial charge is 0.169 e. The first-order valence-corrected chi connectivity index (χ1v) is 14.3. The number of halogens is 1. The quantitative estimate of drug-likeness (QED) is 0.341. The summed E-state index contributed by atoms with van der Waals surface area (Å²) in [5, 5.41) is 19.7. The highest BCUT2D eigenvalue weighted by Crippen LogP contribution is 2.54. The number of phenolic OH excluding ortho intramolecular Hbond substituents is 1. The number of fused-ring (bicyclic) bond motifs is 1. The first-order valence-electron chi connectivity index (χ1n) is 14.3. The van der Waals surface area contributed by atoms with Crippen molar-refractivity contribution in [1.82, 2.24) is 4.90 Å². The van der Waals surface area contributed by atoms with Crippen molar-refractivity contribution in [3.63, 3.8) is 0 Å². The van der Waals surface area contributed by atoms with Gasteiger partial charge in [-0.1, -0.05) is 37.6 Å². The number of hydrogen-bond acceptors (Lipinski definition) is 5. The number of benzene rings is 3. The Morgan fingerprint density at radius 2 is 1.82 bits per heavy atom. The normalized spacial score (nSPS) is 21.8. The van der Waals surface area contributed by atoms with Crippen LogP contribution in [-0.2, 0) is 0 Å². The molecule has 2 fully saturated rings. The van der Waals surface area contributed by atoms with Gasteiger partial charge in [0.15, 0.2) is 11.6 Å². The summed E-state index contributed by atoms with van der Waals surface area (Å²) in [6, 6.07) is 20.6. The van der Waals surface area contributed by atoms with E-state index >= 15 is 4.39 Å². The molecule has 1 unspecified atom stereocenters. The van der Waals surface area contributed by atoms with Crippen LogP contribution in [0.5, 0.6) is 17.2 Å². The van der Waals surface area contributed by atoms with Gasteiger partial charge < -0.3 is 14.6 Å². The van der Waals surface area contributed by atoms with Gasteiger partial charge in [0.25, 0.3) is 0 Å².